The topological polar surface area (TPSA) is 35.2 Å². The first-order valence-electron chi connectivity index (χ1n) is 6.12. The molecule has 0 saturated heterocycles. The van der Waals surface area contributed by atoms with E-state index in [0.29, 0.717) is 23.7 Å². The third kappa shape index (κ3) is 2.31. The van der Waals surface area contributed by atoms with Crippen molar-refractivity contribution >= 4 is 11.6 Å². The molecule has 2 N–H and O–H groups in total. The number of halogens is 2. The van der Waals surface area contributed by atoms with E-state index in [4.69, 9.17) is 22.1 Å². The highest BCUT2D eigenvalue weighted by atomic mass is 35.5. The largest absolute Gasteiger partial charge is 0.485 e. The van der Waals surface area contributed by atoms with E-state index in [1.54, 1.807) is 12.1 Å². The summed E-state index contributed by atoms with van der Waals surface area (Å²) in [5.74, 6) is 0.00608. The summed E-state index contributed by atoms with van der Waals surface area (Å²) in [5.41, 5.74) is 8.20. The van der Waals surface area contributed by atoms with Crippen LogP contribution in [0.4, 0.5) is 4.39 Å². The van der Waals surface area contributed by atoms with Gasteiger partial charge in [-0.05, 0) is 35.4 Å². The molecule has 98 valence electrons. The van der Waals surface area contributed by atoms with Crippen molar-refractivity contribution in [1.29, 1.82) is 0 Å². The molecule has 19 heavy (non-hydrogen) atoms. The van der Waals surface area contributed by atoms with E-state index in [9.17, 15) is 4.39 Å². The van der Waals surface area contributed by atoms with E-state index >= 15 is 0 Å². The average molecular weight is 278 g/mol. The van der Waals surface area contributed by atoms with Gasteiger partial charge in [0.25, 0.3) is 0 Å². The van der Waals surface area contributed by atoms with Gasteiger partial charge >= 0.3 is 0 Å². The van der Waals surface area contributed by atoms with Crippen LogP contribution in [0.2, 0.25) is 5.02 Å². The van der Waals surface area contributed by atoms with Gasteiger partial charge in [0.15, 0.2) is 11.6 Å². The summed E-state index contributed by atoms with van der Waals surface area (Å²) in [7, 11) is 0. The van der Waals surface area contributed by atoms with Gasteiger partial charge in [-0.3, -0.25) is 0 Å². The van der Waals surface area contributed by atoms with Crippen LogP contribution in [-0.2, 0) is 6.42 Å². The Labute approximate surface area is 115 Å². The van der Waals surface area contributed by atoms with Crippen LogP contribution in [0.25, 0.3) is 11.1 Å². The zero-order valence-corrected chi connectivity index (χ0v) is 11.0. The van der Waals surface area contributed by atoms with E-state index in [1.807, 2.05) is 18.2 Å². The molecule has 0 amide bonds. The maximum atomic E-state index is 14.0. The number of nitrogens with two attached hydrogens (primary N) is 1. The zero-order valence-electron chi connectivity index (χ0n) is 10.2. The van der Waals surface area contributed by atoms with Crippen LogP contribution in [0.3, 0.4) is 0 Å². The smallest absolute Gasteiger partial charge is 0.165 e. The van der Waals surface area contributed by atoms with Gasteiger partial charge in [0.05, 0.1) is 0 Å². The van der Waals surface area contributed by atoms with Crippen molar-refractivity contribution < 1.29 is 9.13 Å². The van der Waals surface area contributed by atoms with Gasteiger partial charge in [-0.2, -0.15) is 0 Å². The summed E-state index contributed by atoms with van der Waals surface area (Å²) < 4.78 is 19.5. The van der Waals surface area contributed by atoms with Crippen LogP contribution in [0.1, 0.15) is 5.56 Å². The van der Waals surface area contributed by atoms with Gasteiger partial charge < -0.3 is 10.5 Å². The molecular formula is C15H13ClFNO. The number of rotatable bonds is 2. The van der Waals surface area contributed by atoms with Gasteiger partial charge in [-0.25, -0.2) is 4.39 Å². The summed E-state index contributed by atoms with van der Waals surface area (Å²) in [6.07, 6.45) is 0.537. The summed E-state index contributed by atoms with van der Waals surface area (Å²) in [5, 5.41) is 0.664. The molecule has 3 rings (SSSR count). The highest BCUT2D eigenvalue weighted by molar-refractivity contribution is 6.30. The number of hydrogen-bond donors (Lipinski definition) is 1. The van der Waals surface area contributed by atoms with E-state index in [1.165, 1.54) is 6.07 Å². The van der Waals surface area contributed by atoms with E-state index in [-0.39, 0.29) is 11.9 Å². The minimum atomic E-state index is -0.335. The molecule has 1 unspecified atom stereocenters. The molecule has 2 aromatic rings. The molecule has 0 aromatic heterocycles. The Kier molecular flexibility index (Phi) is 3.17. The predicted octanol–water partition coefficient (Wildman–Crippen LogP) is 3.41. The van der Waals surface area contributed by atoms with Crippen LogP contribution in [0, 0.1) is 5.82 Å². The average Bonchev–Trinajstić information content (AvgIpc) is 2.83. The standard InChI is InChI=1S/C15H13ClFNO/c16-12-3-1-9(2-4-12)10-5-11-6-13(8-18)19-15(11)14(17)7-10/h1-5,7,13H,6,8,18H2. The van der Waals surface area contributed by atoms with Crippen LogP contribution < -0.4 is 10.5 Å². The first kappa shape index (κ1) is 12.5. The molecule has 0 radical (unpaired) electrons. The Morgan fingerprint density at radius 3 is 2.63 bits per heavy atom. The summed E-state index contributed by atoms with van der Waals surface area (Å²) in [4.78, 5) is 0. The third-order valence-electron chi connectivity index (χ3n) is 3.29. The molecule has 1 atom stereocenters. The normalized spacial score (nSPS) is 17.1. The molecule has 0 saturated carbocycles. The van der Waals surface area contributed by atoms with E-state index in [0.717, 1.165) is 16.7 Å². The fraction of sp³-hybridized carbons (Fsp3) is 0.200. The summed E-state index contributed by atoms with van der Waals surface area (Å²) in [6, 6.07) is 10.8. The molecule has 0 aliphatic carbocycles. The number of benzene rings is 2. The fourth-order valence-electron chi connectivity index (χ4n) is 2.33. The Morgan fingerprint density at radius 2 is 1.95 bits per heavy atom. The first-order valence-corrected chi connectivity index (χ1v) is 6.50. The molecule has 1 heterocycles. The summed E-state index contributed by atoms with van der Waals surface area (Å²) >= 11 is 5.85. The third-order valence-corrected chi connectivity index (χ3v) is 3.55. The molecule has 1 aliphatic heterocycles. The van der Waals surface area contributed by atoms with Gasteiger partial charge in [0.1, 0.15) is 6.10 Å². The maximum Gasteiger partial charge on any atom is 0.165 e. The number of ether oxygens (including phenoxy) is 1. The van der Waals surface area contributed by atoms with Crippen molar-refractivity contribution in [3.05, 3.63) is 52.8 Å². The molecule has 4 heteroatoms. The second kappa shape index (κ2) is 4.83. The van der Waals surface area contributed by atoms with Gasteiger partial charge in [-0.15, -0.1) is 0 Å². The SMILES string of the molecule is NCC1Cc2cc(-c3ccc(Cl)cc3)cc(F)c2O1. The minimum Gasteiger partial charge on any atom is -0.485 e. The zero-order chi connectivity index (χ0) is 13.4. The van der Waals surface area contributed by atoms with E-state index < -0.39 is 0 Å². The lowest BCUT2D eigenvalue weighted by atomic mass is 10.0. The highest BCUT2D eigenvalue weighted by Crippen LogP contribution is 2.35. The van der Waals surface area contributed by atoms with Crippen molar-refractivity contribution in [2.24, 2.45) is 5.73 Å². The Morgan fingerprint density at radius 1 is 1.21 bits per heavy atom. The van der Waals surface area contributed by atoms with Crippen LogP contribution in [0.15, 0.2) is 36.4 Å². The second-order valence-electron chi connectivity index (χ2n) is 4.63. The van der Waals surface area contributed by atoms with Gasteiger partial charge in [-0.1, -0.05) is 23.7 Å². The van der Waals surface area contributed by atoms with Crippen molar-refractivity contribution in [2.75, 3.05) is 6.54 Å². The molecule has 0 bridgehead atoms. The number of fused-ring (bicyclic) bond motifs is 1. The Bertz CT molecular complexity index is 612. The molecule has 0 spiro atoms. The quantitative estimate of drug-likeness (QED) is 0.913. The lowest BCUT2D eigenvalue weighted by molar-refractivity contribution is 0.232. The van der Waals surface area contributed by atoms with Gasteiger partial charge in [0, 0.05) is 23.6 Å². The summed E-state index contributed by atoms with van der Waals surface area (Å²) in [6.45, 7) is 0.393. The lowest BCUT2D eigenvalue weighted by Gasteiger charge is -2.07. The predicted molar refractivity (Wildman–Crippen MR) is 74.0 cm³/mol. The monoisotopic (exact) mass is 277 g/mol. The Balaban J connectivity index is 2.02. The van der Waals surface area contributed by atoms with Crippen molar-refractivity contribution in [2.45, 2.75) is 12.5 Å². The van der Waals surface area contributed by atoms with Crippen LogP contribution in [0.5, 0.6) is 5.75 Å². The molecular weight excluding hydrogens is 265 g/mol. The van der Waals surface area contributed by atoms with Crippen molar-refractivity contribution in [3.8, 4) is 16.9 Å². The van der Waals surface area contributed by atoms with Crippen LogP contribution >= 0.6 is 11.6 Å². The lowest BCUT2D eigenvalue weighted by Crippen LogP contribution is -2.24. The maximum absolute atomic E-state index is 14.0. The van der Waals surface area contributed by atoms with Gasteiger partial charge in [0.2, 0.25) is 0 Å². The van der Waals surface area contributed by atoms with E-state index in [2.05, 4.69) is 0 Å². The van der Waals surface area contributed by atoms with Crippen molar-refractivity contribution in [1.82, 2.24) is 0 Å². The fourth-order valence-corrected chi connectivity index (χ4v) is 2.45. The van der Waals surface area contributed by atoms with Crippen molar-refractivity contribution in [3.63, 3.8) is 0 Å². The number of hydrogen-bond acceptors (Lipinski definition) is 2. The minimum absolute atomic E-state index is 0.120. The molecule has 1 aliphatic rings. The highest BCUT2D eigenvalue weighted by Gasteiger charge is 2.25. The second-order valence-corrected chi connectivity index (χ2v) is 5.07. The molecule has 2 nitrogen and oxygen atoms in total. The Hall–Kier alpha value is -1.58. The molecule has 0 fully saturated rings. The molecule has 2 aromatic carbocycles. The first-order chi connectivity index (χ1) is 9.17. The van der Waals surface area contributed by atoms with Crippen LogP contribution in [-0.4, -0.2) is 12.6 Å².